The second-order valence-electron chi connectivity index (χ2n) is 9.03. The lowest BCUT2D eigenvalue weighted by molar-refractivity contribution is 0.530. The third-order valence-corrected chi connectivity index (χ3v) is 6.13. The summed E-state index contributed by atoms with van der Waals surface area (Å²) in [6, 6.07) is 9.06. The molecule has 0 heterocycles. The van der Waals surface area contributed by atoms with Gasteiger partial charge in [0, 0.05) is 12.2 Å². The van der Waals surface area contributed by atoms with E-state index >= 15 is 0 Å². The summed E-state index contributed by atoms with van der Waals surface area (Å²) in [7, 11) is 0. The van der Waals surface area contributed by atoms with E-state index in [-0.39, 0.29) is 0 Å². The molecule has 0 bridgehead atoms. The second kappa shape index (κ2) is 20.3. The van der Waals surface area contributed by atoms with E-state index in [2.05, 4.69) is 43.4 Å². The Morgan fingerprint density at radius 3 is 1.34 bits per heavy atom. The highest BCUT2D eigenvalue weighted by Gasteiger charge is 1.96. The van der Waals surface area contributed by atoms with Crippen LogP contribution >= 0.6 is 0 Å². The number of rotatable bonds is 21. The van der Waals surface area contributed by atoms with Gasteiger partial charge in [0.15, 0.2) is 0 Å². The summed E-state index contributed by atoms with van der Waals surface area (Å²) in [6.07, 6.45) is 26.8. The van der Waals surface area contributed by atoms with Crippen LogP contribution in [0.5, 0.6) is 0 Å². The lowest BCUT2D eigenvalue weighted by Gasteiger charge is -2.08. The van der Waals surface area contributed by atoms with Gasteiger partial charge in [-0.2, -0.15) is 0 Å². The molecule has 0 fully saturated rings. The van der Waals surface area contributed by atoms with Crippen LogP contribution in [0.4, 0.5) is 5.69 Å². The van der Waals surface area contributed by atoms with Crippen LogP contribution in [0.3, 0.4) is 0 Å². The van der Waals surface area contributed by atoms with Crippen molar-refractivity contribution in [3.63, 3.8) is 0 Å². The average molecular weight is 402 g/mol. The Bertz CT molecular complexity index is 436. The molecule has 0 aliphatic rings. The predicted molar refractivity (Wildman–Crippen MR) is 133 cm³/mol. The molecular formula is C28H51N. The minimum Gasteiger partial charge on any atom is -0.385 e. The highest BCUT2D eigenvalue weighted by molar-refractivity contribution is 5.44. The second-order valence-corrected chi connectivity index (χ2v) is 9.03. The van der Waals surface area contributed by atoms with Crippen LogP contribution in [0.15, 0.2) is 24.3 Å². The maximum Gasteiger partial charge on any atom is 0.0340 e. The molecule has 0 saturated carbocycles. The molecule has 1 nitrogen and oxygen atoms in total. The molecule has 0 atom stereocenters. The first-order valence-electron chi connectivity index (χ1n) is 13.2. The van der Waals surface area contributed by atoms with Gasteiger partial charge in [-0.15, -0.1) is 0 Å². The number of aryl methyl sites for hydroxylation is 1. The van der Waals surface area contributed by atoms with Crippen LogP contribution in [-0.4, -0.2) is 6.54 Å². The van der Waals surface area contributed by atoms with Crippen molar-refractivity contribution >= 4 is 5.69 Å². The smallest absolute Gasteiger partial charge is 0.0340 e. The molecular weight excluding hydrogens is 350 g/mol. The summed E-state index contributed by atoms with van der Waals surface area (Å²) in [5.74, 6) is 0. The van der Waals surface area contributed by atoms with Crippen LogP contribution in [0.1, 0.15) is 135 Å². The van der Waals surface area contributed by atoms with Crippen LogP contribution in [-0.2, 0) is 6.42 Å². The van der Waals surface area contributed by atoms with Gasteiger partial charge in [-0.3, -0.25) is 0 Å². The molecule has 168 valence electrons. The third-order valence-electron chi connectivity index (χ3n) is 6.13. The van der Waals surface area contributed by atoms with Crippen LogP contribution in [0.25, 0.3) is 0 Å². The Hall–Kier alpha value is -0.980. The average Bonchev–Trinajstić information content (AvgIpc) is 2.75. The molecule has 0 radical (unpaired) electrons. The Morgan fingerprint density at radius 1 is 0.483 bits per heavy atom. The maximum absolute atomic E-state index is 3.58. The molecule has 1 rings (SSSR count). The largest absolute Gasteiger partial charge is 0.385 e. The fraction of sp³-hybridized carbons (Fsp3) is 0.786. The van der Waals surface area contributed by atoms with E-state index < -0.39 is 0 Å². The van der Waals surface area contributed by atoms with Gasteiger partial charge in [0.1, 0.15) is 0 Å². The van der Waals surface area contributed by atoms with Crippen molar-refractivity contribution in [3.05, 3.63) is 29.8 Å². The van der Waals surface area contributed by atoms with Crippen molar-refractivity contribution in [2.75, 3.05) is 11.9 Å². The number of hydrogen-bond donors (Lipinski definition) is 1. The molecule has 1 aromatic carbocycles. The number of anilines is 1. The fourth-order valence-electron chi connectivity index (χ4n) is 4.08. The SMILES string of the molecule is CCCCCCCCCCCCCCCCCCNc1ccc(CCCC)cc1. The van der Waals surface area contributed by atoms with Crippen molar-refractivity contribution in [2.45, 2.75) is 136 Å². The molecule has 0 saturated heterocycles. The maximum atomic E-state index is 3.58. The quantitative estimate of drug-likeness (QED) is 0.202. The van der Waals surface area contributed by atoms with Crippen molar-refractivity contribution in [1.29, 1.82) is 0 Å². The normalized spacial score (nSPS) is 11.1. The van der Waals surface area contributed by atoms with Gasteiger partial charge in [-0.05, 0) is 37.0 Å². The van der Waals surface area contributed by atoms with Crippen molar-refractivity contribution in [1.82, 2.24) is 0 Å². The van der Waals surface area contributed by atoms with Gasteiger partial charge in [0.25, 0.3) is 0 Å². The predicted octanol–water partition coefficient (Wildman–Crippen LogP) is 9.70. The fourth-order valence-corrected chi connectivity index (χ4v) is 4.08. The number of benzene rings is 1. The van der Waals surface area contributed by atoms with Crippen LogP contribution < -0.4 is 5.32 Å². The van der Waals surface area contributed by atoms with E-state index in [1.54, 1.807) is 0 Å². The highest BCUT2D eigenvalue weighted by atomic mass is 14.9. The Balaban J connectivity index is 1.79. The molecule has 1 heteroatoms. The van der Waals surface area contributed by atoms with Gasteiger partial charge < -0.3 is 5.32 Å². The van der Waals surface area contributed by atoms with E-state index in [1.165, 1.54) is 133 Å². The van der Waals surface area contributed by atoms with Crippen LogP contribution in [0, 0.1) is 0 Å². The van der Waals surface area contributed by atoms with Gasteiger partial charge >= 0.3 is 0 Å². The Morgan fingerprint density at radius 2 is 0.897 bits per heavy atom. The monoisotopic (exact) mass is 401 g/mol. The number of hydrogen-bond acceptors (Lipinski definition) is 1. The molecule has 0 unspecified atom stereocenters. The van der Waals surface area contributed by atoms with Gasteiger partial charge in [-0.1, -0.05) is 129 Å². The highest BCUT2D eigenvalue weighted by Crippen LogP contribution is 2.15. The van der Waals surface area contributed by atoms with Gasteiger partial charge in [0.2, 0.25) is 0 Å². The summed E-state index contributed by atoms with van der Waals surface area (Å²) in [5, 5.41) is 3.58. The Labute approximate surface area is 183 Å². The van der Waals surface area contributed by atoms with E-state index in [9.17, 15) is 0 Å². The molecule has 0 aliphatic carbocycles. The van der Waals surface area contributed by atoms with E-state index in [1.807, 2.05) is 0 Å². The van der Waals surface area contributed by atoms with Crippen molar-refractivity contribution in [2.24, 2.45) is 0 Å². The van der Waals surface area contributed by atoms with Gasteiger partial charge in [0.05, 0.1) is 0 Å². The van der Waals surface area contributed by atoms with Crippen molar-refractivity contribution < 1.29 is 0 Å². The van der Waals surface area contributed by atoms with Crippen LogP contribution in [0.2, 0.25) is 0 Å². The zero-order valence-corrected chi connectivity index (χ0v) is 20.0. The third kappa shape index (κ3) is 16.5. The molecule has 1 N–H and O–H groups in total. The number of nitrogens with one attached hydrogen (secondary N) is 1. The molecule has 0 spiro atoms. The molecule has 1 aromatic rings. The summed E-state index contributed by atoms with van der Waals surface area (Å²) >= 11 is 0. The number of unbranched alkanes of at least 4 members (excludes halogenated alkanes) is 16. The first-order chi connectivity index (χ1) is 14.4. The first-order valence-corrected chi connectivity index (χ1v) is 13.2. The summed E-state index contributed by atoms with van der Waals surface area (Å²) in [5.41, 5.74) is 2.76. The lowest BCUT2D eigenvalue weighted by atomic mass is 10.0. The summed E-state index contributed by atoms with van der Waals surface area (Å²) < 4.78 is 0. The topological polar surface area (TPSA) is 12.0 Å². The lowest BCUT2D eigenvalue weighted by Crippen LogP contribution is -2.01. The molecule has 0 amide bonds. The molecule has 29 heavy (non-hydrogen) atoms. The Kier molecular flexibility index (Phi) is 18.2. The van der Waals surface area contributed by atoms with Gasteiger partial charge in [-0.25, -0.2) is 0 Å². The zero-order valence-electron chi connectivity index (χ0n) is 20.0. The molecule has 0 aliphatic heterocycles. The standard InChI is InChI=1S/C28H51N/c1-3-5-7-8-9-10-11-12-13-14-15-16-17-18-19-20-26-29-28-24-22-27(23-25-28)21-6-4-2/h22-25,29H,3-21,26H2,1-2H3. The van der Waals surface area contributed by atoms with Crippen molar-refractivity contribution in [3.8, 4) is 0 Å². The van der Waals surface area contributed by atoms with E-state index in [4.69, 9.17) is 0 Å². The zero-order chi connectivity index (χ0) is 20.8. The molecule has 0 aromatic heterocycles. The summed E-state index contributed by atoms with van der Waals surface area (Å²) in [6.45, 7) is 5.67. The summed E-state index contributed by atoms with van der Waals surface area (Å²) in [4.78, 5) is 0. The first kappa shape index (κ1) is 26.1. The minimum atomic E-state index is 1.12. The minimum absolute atomic E-state index is 1.12. The van der Waals surface area contributed by atoms with E-state index in [0.717, 1.165) is 6.54 Å². The van der Waals surface area contributed by atoms with E-state index in [0.29, 0.717) is 0 Å².